The minimum Gasteiger partial charge on any atom is -0.310 e. The zero-order valence-corrected chi connectivity index (χ0v) is 6.75. The number of rotatable bonds is 2. The van der Waals surface area contributed by atoms with Crippen molar-refractivity contribution >= 4 is 5.57 Å². The topological polar surface area (TPSA) is 66.5 Å². The molecule has 0 radical (unpaired) electrons. The highest BCUT2D eigenvalue weighted by molar-refractivity contribution is 5.61. The van der Waals surface area contributed by atoms with Crippen LogP contribution in [0.4, 0.5) is 0 Å². The minimum atomic E-state index is 0.347. The lowest BCUT2D eigenvalue weighted by Gasteiger charge is -2.09. The fourth-order valence-corrected chi connectivity index (χ4v) is 1.44. The number of nitrogens with zero attached hydrogens (tertiary/aromatic N) is 3. The standard InChI is InChI=1S/C7H11N5/c1-5(6-3-2-4-8-6)7-9-11-12-10-7/h6,8H,1-4H2,(H,9,10,11,12)/t6-/m1/s1. The second-order valence-electron chi connectivity index (χ2n) is 2.92. The third-order valence-corrected chi connectivity index (χ3v) is 2.13. The van der Waals surface area contributed by atoms with Gasteiger partial charge in [-0.05, 0) is 29.8 Å². The lowest BCUT2D eigenvalue weighted by molar-refractivity contribution is 0.738. The molecule has 1 aliphatic heterocycles. The van der Waals surface area contributed by atoms with E-state index < -0.39 is 0 Å². The number of nitrogens with one attached hydrogen (secondary N) is 2. The SMILES string of the molecule is C=C(c1nnn[nH]1)[C@H]1CCCN1. The summed E-state index contributed by atoms with van der Waals surface area (Å²) in [5, 5.41) is 16.8. The average molecular weight is 165 g/mol. The Morgan fingerprint density at radius 1 is 1.58 bits per heavy atom. The maximum atomic E-state index is 3.94. The Kier molecular flexibility index (Phi) is 1.87. The van der Waals surface area contributed by atoms with Gasteiger partial charge in [-0.1, -0.05) is 6.58 Å². The van der Waals surface area contributed by atoms with Crippen LogP contribution in [0.3, 0.4) is 0 Å². The second-order valence-corrected chi connectivity index (χ2v) is 2.92. The first kappa shape index (κ1) is 7.42. The van der Waals surface area contributed by atoms with Crippen molar-refractivity contribution < 1.29 is 0 Å². The van der Waals surface area contributed by atoms with Gasteiger partial charge in [-0.15, -0.1) is 5.10 Å². The molecule has 0 saturated carbocycles. The van der Waals surface area contributed by atoms with E-state index in [4.69, 9.17) is 0 Å². The summed E-state index contributed by atoms with van der Waals surface area (Å²) in [5.74, 6) is 0.689. The fourth-order valence-electron chi connectivity index (χ4n) is 1.44. The third kappa shape index (κ3) is 1.23. The predicted octanol–water partition coefficient (Wildman–Crippen LogP) is -0.0351. The fraction of sp³-hybridized carbons (Fsp3) is 0.571. The number of tetrazole rings is 1. The molecule has 0 amide bonds. The highest BCUT2D eigenvalue weighted by Gasteiger charge is 2.19. The van der Waals surface area contributed by atoms with Gasteiger partial charge in [0.05, 0.1) is 0 Å². The first-order valence-electron chi connectivity index (χ1n) is 4.04. The van der Waals surface area contributed by atoms with Crippen molar-refractivity contribution in [3.63, 3.8) is 0 Å². The largest absolute Gasteiger partial charge is 0.310 e. The molecule has 5 nitrogen and oxygen atoms in total. The van der Waals surface area contributed by atoms with E-state index in [1.807, 2.05) is 0 Å². The van der Waals surface area contributed by atoms with Crippen LogP contribution in [0.25, 0.3) is 5.57 Å². The zero-order chi connectivity index (χ0) is 8.39. The molecule has 1 aromatic rings. The monoisotopic (exact) mass is 165 g/mol. The maximum absolute atomic E-state index is 3.94. The third-order valence-electron chi connectivity index (χ3n) is 2.13. The van der Waals surface area contributed by atoms with Crippen molar-refractivity contribution in [2.45, 2.75) is 18.9 Å². The van der Waals surface area contributed by atoms with E-state index >= 15 is 0 Å². The van der Waals surface area contributed by atoms with E-state index in [0.29, 0.717) is 11.9 Å². The molecule has 12 heavy (non-hydrogen) atoms. The number of hydrogen-bond donors (Lipinski definition) is 2. The first-order valence-corrected chi connectivity index (χ1v) is 4.04. The molecule has 0 unspecified atom stereocenters. The van der Waals surface area contributed by atoms with Gasteiger partial charge in [0.25, 0.3) is 0 Å². The quantitative estimate of drug-likeness (QED) is 0.645. The molecule has 1 atom stereocenters. The van der Waals surface area contributed by atoms with Crippen LogP contribution in [0.2, 0.25) is 0 Å². The van der Waals surface area contributed by atoms with Crippen molar-refractivity contribution in [3.8, 4) is 0 Å². The molecule has 1 aliphatic rings. The Labute approximate surface area is 70.2 Å². The molecule has 0 bridgehead atoms. The summed E-state index contributed by atoms with van der Waals surface area (Å²) in [7, 11) is 0. The van der Waals surface area contributed by atoms with Crippen molar-refractivity contribution in [1.82, 2.24) is 25.9 Å². The van der Waals surface area contributed by atoms with Crippen LogP contribution in [0.1, 0.15) is 18.7 Å². The van der Waals surface area contributed by atoms with Crippen molar-refractivity contribution in [3.05, 3.63) is 12.4 Å². The van der Waals surface area contributed by atoms with E-state index in [2.05, 4.69) is 32.5 Å². The van der Waals surface area contributed by atoms with E-state index in [9.17, 15) is 0 Å². The van der Waals surface area contributed by atoms with Crippen molar-refractivity contribution in [2.24, 2.45) is 0 Å². The van der Waals surface area contributed by atoms with Gasteiger partial charge < -0.3 is 5.32 Å². The molecule has 1 fully saturated rings. The molecule has 1 saturated heterocycles. The average Bonchev–Trinajstić information content (AvgIpc) is 2.77. The molecule has 1 aromatic heterocycles. The summed E-state index contributed by atoms with van der Waals surface area (Å²) in [6.45, 7) is 5.00. The Bertz CT molecular complexity index is 259. The van der Waals surface area contributed by atoms with Gasteiger partial charge in [0.1, 0.15) is 0 Å². The van der Waals surface area contributed by atoms with Crippen molar-refractivity contribution in [1.29, 1.82) is 0 Å². The lowest BCUT2D eigenvalue weighted by atomic mass is 10.1. The molecular formula is C7H11N5. The summed E-state index contributed by atoms with van der Waals surface area (Å²) < 4.78 is 0. The minimum absolute atomic E-state index is 0.347. The summed E-state index contributed by atoms with van der Waals surface area (Å²) in [6.07, 6.45) is 2.32. The van der Waals surface area contributed by atoms with Crippen LogP contribution in [0.5, 0.6) is 0 Å². The van der Waals surface area contributed by atoms with E-state index in [1.54, 1.807) is 0 Å². The number of aromatic amines is 1. The highest BCUT2D eigenvalue weighted by atomic mass is 15.5. The lowest BCUT2D eigenvalue weighted by Crippen LogP contribution is -2.22. The van der Waals surface area contributed by atoms with Crippen molar-refractivity contribution in [2.75, 3.05) is 6.54 Å². The van der Waals surface area contributed by atoms with Gasteiger partial charge in [-0.3, -0.25) is 0 Å². The molecular weight excluding hydrogens is 154 g/mol. The van der Waals surface area contributed by atoms with Gasteiger partial charge >= 0.3 is 0 Å². The molecule has 2 rings (SSSR count). The number of H-pyrrole nitrogens is 1. The Hall–Kier alpha value is -1.23. The molecule has 64 valence electrons. The summed E-state index contributed by atoms with van der Waals surface area (Å²) in [6, 6.07) is 0.347. The van der Waals surface area contributed by atoms with E-state index in [1.165, 1.54) is 6.42 Å². The molecule has 0 aromatic carbocycles. The normalized spacial score (nSPS) is 22.8. The summed E-state index contributed by atoms with van der Waals surface area (Å²) in [4.78, 5) is 0. The molecule has 5 heteroatoms. The van der Waals surface area contributed by atoms with Gasteiger partial charge in [0.2, 0.25) is 0 Å². The van der Waals surface area contributed by atoms with Crippen LogP contribution in [0.15, 0.2) is 6.58 Å². The smallest absolute Gasteiger partial charge is 0.176 e. The highest BCUT2D eigenvalue weighted by Crippen LogP contribution is 2.18. The van der Waals surface area contributed by atoms with Crippen LogP contribution in [-0.2, 0) is 0 Å². The Balaban J connectivity index is 2.09. The number of hydrogen-bond acceptors (Lipinski definition) is 4. The first-order chi connectivity index (χ1) is 5.88. The van der Waals surface area contributed by atoms with E-state index in [0.717, 1.165) is 18.5 Å². The van der Waals surface area contributed by atoms with Crippen LogP contribution < -0.4 is 5.32 Å². The van der Waals surface area contributed by atoms with Crippen LogP contribution >= 0.6 is 0 Å². The number of aromatic nitrogens is 4. The predicted molar refractivity (Wildman–Crippen MR) is 44.2 cm³/mol. The van der Waals surface area contributed by atoms with Gasteiger partial charge in [0.15, 0.2) is 5.82 Å². The molecule has 2 heterocycles. The zero-order valence-electron chi connectivity index (χ0n) is 6.75. The molecule has 0 spiro atoms. The van der Waals surface area contributed by atoms with Crippen LogP contribution in [0, 0.1) is 0 Å². The van der Waals surface area contributed by atoms with Gasteiger partial charge in [-0.2, -0.15) is 0 Å². The maximum Gasteiger partial charge on any atom is 0.176 e. The van der Waals surface area contributed by atoms with Gasteiger partial charge in [-0.25, -0.2) is 5.10 Å². The summed E-state index contributed by atoms with van der Waals surface area (Å²) >= 11 is 0. The van der Waals surface area contributed by atoms with Gasteiger partial charge in [0, 0.05) is 11.6 Å². The van der Waals surface area contributed by atoms with E-state index in [-0.39, 0.29) is 0 Å². The summed E-state index contributed by atoms with van der Waals surface area (Å²) in [5.41, 5.74) is 0.956. The van der Waals surface area contributed by atoms with Crippen LogP contribution in [-0.4, -0.2) is 33.2 Å². The Morgan fingerprint density at radius 2 is 2.50 bits per heavy atom. The molecule has 2 N–H and O–H groups in total. The Morgan fingerprint density at radius 3 is 3.08 bits per heavy atom. The molecule has 0 aliphatic carbocycles. The second kappa shape index (κ2) is 3.02.